The third kappa shape index (κ3) is 3.79. The molecule has 0 fully saturated rings. The van der Waals surface area contributed by atoms with Crippen LogP contribution in [0.2, 0.25) is 10.0 Å². The summed E-state index contributed by atoms with van der Waals surface area (Å²) in [6.45, 7) is 6.17. The van der Waals surface area contributed by atoms with Gasteiger partial charge in [-0.05, 0) is 44.5 Å². The minimum Gasteiger partial charge on any atom is -0.492 e. The molecule has 0 saturated heterocycles. The van der Waals surface area contributed by atoms with E-state index in [0.717, 1.165) is 5.56 Å². The van der Waals surface area contributed by atoms with Crippen molar-refractivity contribution in [3.05, 3.63) is 52.0 Å². The Labute approximate surface area is 153 Å². The van der Waals surface area contributed by atoms with Crippen molar-refractivity contribution in [2.45, 2.75) is 25.7 Å². The monoisotopic (exact) mass is 387 g/mol. The highest BCUT2D eigenvalue weighted by atomic mass is 35.5. The Morgan fingerprint density at radius 3 is 2.38 bits per heavy atom. The predicted octanol–water partition coefficient (Wildman–Crippen LogP) is 4.92. The number of hydrogen-bond donors (Lipinski definition) is 0. The average Bonchev–Trinajstić information content (AvgIpc) is 2.51. The summed E-state index contributed by atoms with van der Waals surface area (Å²) in [4.78, 5) is -0.0408. The highest BCUT2D eigenvalue weighted by molar-refractivity contribution is 7.93. The van der Waals surface area contributed by atoms with Gasteiger partial charge < -0.3 is 4.74 Å². The molecule has 0 spiro atoms. The number of hydrogen-bond acceptors (Lipinski definition) is 3. The molecule has 4 nitrogen and oxygen atoms in total. The second-order valence-corrected chi connectivity index (χ2v) is 7.80. The first-order valence-electron chi connectivity index (χ1n) is 7.52. The fourth-order valence-corrected chi connectivity index (χ4v) is 4.64. The van der Waals surface area contributed by atoms with Gasteiger partial charge >= 0.3 is 0 Å². The van der Waals surface area contributed by atoms with E-state index >= 15 is 0 Å². The van der Waals surface area contributed by atoms with E-state index in [0.29, 0.717) is 18.0 Å². The van der Waals surface area contributed by atoms with E-state index in [1.54, 1.807) is 13.0 Å². The molecule has 0 aliphatic heterocycles. The molecule has 0 amide bonds. The van der Waals surface area contributed by atoms with Crippen LogP contribution in [0.3, 0.4) is 0 Å². The van der Waals surface area contributed by atoms with Gasteiger partial charge in [0.25, 0.3) is 10.0 Å². The maximum atomic E-state index is 13.1. The summed E-state index contributed by atoms with van der Waals surface area (Å²) in [6, 6.07) is 10.1. The van der Waals surface area contributed by atoms with Crippen LogP contribution in [0.4, 0.5) is 5.69 Å². The zero-order valence-electron chi connectivity index (χ0n) is 13.7. The largest absolute Gasteiger partial charge is 0.492 e. The normalized spacial score (nSPS) is 11.4. The molecule has 7 heteroatoms. The second kappa shape index (κ2) is 7.64. The van der Waals surface area contributed by atoms with Crippen LogP contribution in [-0.4, -0.2) is 21.6 Å². The highest BCUT2D eigenvalue weighted by Gasteiger charge is 2.27. The van der Waals surface area contributed by atoms with Gasteiger partial charge in [-0.15, -0.1) is 0 Å². The van der Waals surface area contributed by atoms with Crippen LogP contribution >= 0.6 is 23.2 Å². The fraction of sp³-hybridized carbons (Fsp3) is 0.294. The zero-order chi connectivity index (χ0) is 17.9. The minimum absolute atomic E-state index is 0.0408. The number of nitrogens with zero attached hydrogens (tertiary/aromatic N) is 1. The summed E-state index contributed by atoms with van der Waals surface area (Å²) in [5, 5.41) is 0.286. The van der Waals surface area contributed by atoms with Crippen molar-refractivity contribution < 1.29 is 13.2 Å². The summed E-state index contributed by atoms with van der Waals surface area (Å²) in [5.41, 5.74) is 1.55. The molecule has 0 heterocycles. The molecule has 130 valence electrons. The van der Waals surface area contributed by atoms with Gasteiger partial charge in [-0.2, -0.15) is 0 Å². The Hall–Kier alpha value is -1.43. The minimum atomic E-state index is -3.84. The van der Waals surface area contributed by atoms with Crippen LogP contribution in [0.5, 0.6) is 5.75 Å². The molecule has 0 unspecified atom stereocenters. The van der Waals surface area contributed by atoms with Gasteiger partial charge in [-0.25, -0.2) is 8.42 Å². The summed E-state index contributed by atoms with van der Waals surface area (Å²) >= 11 is 12.3. The average molecular weight is 388 g/mol. The number of rotatable bonds is 6. The second-order valence-electron chi connectivity index (χ2n) is 5.15. The van der Waals surface area contributed by atoms with Crippen LogP contribution in [-0.2, 0) is 10.0 Å². The third-order valence-corrected chi connectivity index (χ3v) is 6.09. The van der Waals surface area contributed by atoms with Crippen molar-refractivity contribution in [2.75, 3.05) is 17.5 Å². The molecule has 0 saturated carbocycles. The molecule has 0 atom stereocenters. The Morgan fingerprint density at radius 2 is 1.79 bits per heavy atom. The molecule has 0 bridgehead atoms. The third-order valence-electron chi connectivity index (χ3n) is 3.43. The van der Waals surface area contributed by atoms with Gasteiger partial charge in [0.1, 0.15) is 10.6 Å². The van der Waals surface area contributed by atoms with E-state index in [2.05, 4.69) is 0 Å². The first kappa shape index (κ1) is 18.9. The van der Waals surface area contributed by atoms with Gasteiger partial charge in [0, 0.05) is 12.6 Å². The molecule has 0 aromatic heterocycles. The molecule has 2 aromatic rings. The standard InChI is InChI=1S/C17H19Cl2NO3S/c1-4-20(13-8-6-7-12(3)9-13)24(21,22)17-11-14(18)16(23-5-2)10-15(17)19/h6-11H,4-5H2,1-3H3. The van der Waals surface area contributed by atoms with Crippen LogP contribution < -0.4 is 9.04 Å². The van der Waals surface area contributed by atoms with Gasteiger partial charge in [0.05, 0.1) is 22.3 Å². The van der Waals surface area contributed by atoms with E-state index in [1.807, 2.05) is 32.0 Å². The van der Waals surface area contributed by atoms with E-state index < -0.39 is 10.0 Å². The zero-order valence-corrected chi connectivity index (χ0v) is 16.0. The lowest BCUT2D eigenvalue weighted by atomic mass is 10.2. The molecular formula is C17H19Cl2NO3S. The van der Waals surface area contributed by atoms with Gasteiger partial charge in [-0.1, -0.05) is 35.3 Å². The van der Waals surface area contributed by atoms with E-state index in [9.17, 15) is 8.42 Å². The first-order valence-corrected chi connectivity index (χ1v) is 9.72. The Bertz CT molecular complexity index is 838. The van der Waals surface area contributed by atoms with Gasteiger partial charge in [0.2, 0.25) is 0 Å². The van der Waals surface area contributed by atoms with Crippen molar-refractivity contribution in [3.8, 4) is 5.75 Å². The number of halogens is 2. The molecule has 0 aliphatic carbocycles. The molecule has 2 aromatic carbocycles. The molecular weight excluding hydrogens is 369 g/mol. The Kier molecular flexibility index (Phi) is 6.01. The Morgan fingerprint density at radius 1 is 1.08 bits per heavy atom. The number of sulfonamides is 1. The maximum absolute atomic E-state index is 13.1. The van der Waals surface area contributed by atoms with Crippen molar-refractivity contribution >= 4 is 38.9 Å². The first-order chi connectivity index (χ1) is 11.3. The van der Waals surface area contributed by atoms with Crippen LogP contribution in [0.1, 0.15) is 19.4 Å². The smallest absolute Gasteiger partial charge is 0.265 e. The molecule has 0 aliphatic rings. The molecule has 2 rings (SSSR count). The van der Waals surface area contributed by atoms with Crippen molar-refractivity contribution in [1.82, 2.24) is 0 Å². The lowest BCUT2D eigenvalue weighted by molar-refractivity contribution is 0.340. The number of anilines is 1. The lowest BCUT2D eigenvalue weighted by Crippen LogP contribution is -2.31. The predicted molar refractivity (Wildman–Crippen MR) is 99.0 cm³/mol. The Balaban J connectivity index is 2.54. The van der Waals surface area contributed by atoms with Crippen molar-refractivity contribution in [3.63, 3.8) is 0 Å². The number of aryl methyl sites for hydroxylation is 1. The number of benzene rings is 2. The molecule has 0 radical (unpaired) electrons. The maximum Gasteiger partial charge on any atom is 0.265 e. The van der Waals surface area contributed by atoms with Crippen LogP contribution in [0, 0.1) is 6.92 Å². The quantitative estimate of drug-likeness (QED) is 0.706. The molecule has 0 N–H and O–H groups in total. The van der Waals surface area contributed by atoms with Crippen molar-refractivity contribution in [1.29, 1.82) is 0 Å². The summed E-state index contributed by atoms with van der Waals surface area (Å²) in [6.07, 6.45) is 0. The van der Waals surface area contributed by atoms with E-state index in [1.165, 1.54) is 16.4 Å². The lowest BCUT2D eigenvalue weighted by Gasteiger charge is -2.24. The summed E-state index contributed by atoms with van der Waals surface area (Å²) in [5.74, 6) is 0.363. The molecule has 24 heavy (non-hydrogen) atoms. The highest BCUT2D eigenvalue weighted by Crippen LogP contribution is 2.36. The van der Waals surface area contributed by atoms with Gasteiger partial charge in [-0.3, -0.25) is 4.31 Å². The SMILES string of the molecule is CCOc1cc(Cl)c(S(=O)(=O)N(CC)c2cccc(C)c2)cc1Cl. The van der Waals surface area contributed by atoms with Crippen LogP contribution in [0.25, 0.3) is 0 Å². The van der Waals surface area contributed by atoms with E-state index in [-0.39, 0.29) is 21.5 Å². The topological polar surface area (TPSA) is 46.6 Å². The van der Waals surface area contributed by atoms with Crippen LogP contribution in [0.15, 0.2) is 41.3 Å². The summed E-state index contributed by atoms with van der Waals surface area (Å²) < 4.78 is 32.8. The summed E-state index contributed by atoms with van der Waals surface area (Å²) in [7, 11) is -3.84. The van der Waals surface area contributed by atoms with Crippen molar-refractivity contribution in [2.24, 2.45) is 0 Å². The number of ether oxygens (including phenoxy) is 1. The van der Waals surface area contributed by atoms with Gasteiger partial charge in [0.15, 0.2) is 0 Å². The van der Waals surface area contributed by atoms with E-state index in [4.69, 9.17) is 27.9 Å². The fourth-order valence-electron chi connectivity index (χ4n) is 2.37.